The first-order valence-electron chi connectivity index (χ1n) is 6.14. The van der Waals surface area contributed by atoms with Crippen molar-refractivity contribution in [2.45, 2.75) is 6.54 Å². The van der Waals surface area contributed by atoms with Crippen molar-refractivity contribution in [3.63, 3.8) is 0 Å². The number of benzene rings is 2. The van der Waals surface area contributed by atoms with E-state index in [9.17, 15) is 0 Å². The maximum atomic E-state index is 6.33. The summed E-state index contributed by atoms with van der Waals surface area (Å²) in [5.41, 5.74) is 2.55. The first-order valence-corrected chi connectivity index (χ1v) is 7.65. The molecule has 6 heteroatoms. The van der Waals surface area contributed by atoms with Crippen LogP contribution in [0.15, 0.2) is 24.3 Å². The number of methoxy groups -OCH3 is 1. The Morgan fingerprint density at radius 2 is 1.71 bits per heavy atom. The molecule has 0 aromatic heterocycles. The van der Waals surface area contributed by atoms with Gasteiger partial charge >= 0.3 is 0 Å². The molecule has 2 rings (SSSR count). The van der Waals surface area contributed by atoms with Gasteiger partial charge in [0.15, 0.2) is 0 Å². The highest BCUT2D eigenvalue weighted by Gasteiger charge is 2.18. The molecule has 0 aliphatic carbocycles. The first kappa shape index (κ1) is 16.7. The van der Waals surface area contributed by atoms with Crippen molar-refractivity contribution in [2.75, 3.05) is 14.2 Å². The number of rotatable bonds is 4. The standard InChI is InChI=1S/C15H13Cl4NO/c1-20-7-8-5-9(21-2)3-4-10(8)13-11(16)6-12(17)14(18)15(13)19/h3-6,20H,7H2,1-2H3. The van der Waals surface area contributed by atoms with Crippen LogP contribution in [0.25, 0.3) is 11.1 Å². The van der Waals surface area contributed by atoms with Crippen LogP contribution in [0.4, 0.5) is 0 Å². The molecule has 112 valence electrons. The Labute approximate surface area is 143 Å². The summed E-state index contributed by atoms with van der Waals surface area (Å²) in [5, 5.41) is 4.54. The van der Waals surface area contributed by atoms with Gasteiger partial charge in [-0.2, -0.15) is 0 Å². The molecule has 0 spiro atoms. The van der Waals surface area contributed by atoms with Gasteiger partial charge in [0, 0.05) is 12.1 Å². The fourth-order valence-electron chi connectivity index (χ4n) is 2.09. The van der Waals surface area contributed by atoms with Crippen LogP contribution < -0.4 is 10.1 Å². The molecule has 1 N–H and O–H groups in total. The number of ether oxygens (including phenoxy) is 1. The van der Waals surface area contributed by atoms with E-state index in [0.717, 1.165) is 16.9 Å². The molecule has 0 aliphatic rings. The largest absolute Gasteiger partial charge is 0.497 e. The molecule has 0 saturated heterocycles. The van der Waals surface area contributed by atoms with E-state index in [1.165, 1.54) is 0 Å². The van der Waals surface area contributed by atoms with Crippen molar-refractivity contribution in [2.24, 2.45) is 0 Å². The van der Waals surface area contributed by atoms with E-state index in [-0.39, 0.29) is 0 Å². The zero-order valence-electron chi connectivity index (χ0n) is 11.4. The molecule has 0 fully saturated rings. The molecule has 21 heavy (non-hydrogen) atoms. The van der Waals surface area contributed by atoms with Crippen molar-refractivity contribution in [3.05, 3.63) is 49.9 Å². The minimum atomic E-state index is 0.295. The van der Waals surface area contributed by atoms with Gasteiger partial charge in [0.1, 0.15) is 5.75 Å². The van der Waals surface area contributed by atoms with Gasteiger partial charge in [0.25, 0.3) is 0 Å². The van der Waals surface area contributed by atoms with Gasteiger partial charge in [-0.15, -0.1) is 0 Å². The molecule has 2 aromatic carbocycles. The van der Waals surface area contributed by atoms with Crippen LogP contribution in [-0.2, 0) is 6.54 Å². The molecule has 0 heterocycles. The third kappa shape index (κ3) is 3.41. The average molecular weight is 365 g/mol. The van der Waals surface area contributed by atoms with Gasteiger partial charge in [0.05, 0.1) is 27.2 Å². The van der Waals surface area contributed by atoms with Gasteiger partial charge in [-0.3, -0.25) is 0 Å². The van der Waals surface area contributed by atoms with E-state index in [1.807, 2.05) is 25.2 Å². The maximum Gasteiger partial charge on any atom is 0.119 e. The normalized spacial score (nSPS) is 10.8. The van der Waals surface area contributed by atoms with Gasteiger partial charge < -0.3 is 10.1 Å². The summed E-state index contributed by atoms with van der Waals surface area (Å²) in [5.74, 6) is 0.760. The van der Waals surface area contributed by atoms with E-state index in [1.54, 1.807) is 13.2 Å². The second kappa shape index (κ2) is 7.08. The topological polar surface area (TPSA) is 21.3 Å². The quantitative estimate of drug-likeness (QED) is 0.555. The molecule has 0 radical (unpaired) electrons. The maximum absolute atomic E-state index is 6.33. The smallest absolute Gasteiger partial charge is 0.119 e. The van der Waals surface area contributed by atoms with Crippen molar-refractivity contribution in [1.29, 1.82) is 0 Å². The summed E-state index contributed by atoms with van der Waals surface area (Å²) in [6, 6.07) is 7.29. The Hall–Kier alpha value is -0.640. The average Bonchev–Trinajstić information content (AvgIpc) is 2.46. The molecule has 0 bridgehead atoms. The van der Waals surface area contributed by atoms with Crippen LogP contribution in [0.3, 0.4) is 0 Å². The molecule has 0 amide bonds. The summed E-state index contributed by atoms with van der Waals surface area (Å²) >= 11 is 24.8. The number of halogens is 4. The Bertz CT molecular complexity index is 673. The fourth-order valence-corrected chi connectivity index (χ4v) is 3.21. The van der Waals surface area contributed by atoms with Crippen molar-refractivity contribution in [1.82, 2.24) is 5.32 Å². The predicted molar refractivity (Wildman–Crippen MR) is 91.2 cm³/mol. The number of nitrogens with one attached hydrogen (secondary N) is 1. The molecule has 0 atom stereocenters. The summed E-state index contributed by atoms with van der Waals surface area (Å²) < 4.78 is 5.25. The number of hydrogen-bond donors (Lipinski definition) is 1. The third-order valence-electron chi connectivity index (χ3n) is 3.06. The fraction of sp³-hybridized carbons (Fsp3) is 0.200. The van der Waals surface area contributed by atoms with Crippen molar-refractivity contribution >= 4 is 46.4 Å². The van der Waals surface area contributed by atoms with Crippen LogP contribution in [0.1, 0.15) is 5.56 Å². The Morgan fingerprint density at radius 3 is 2.33 bits per heavy atom. The second-order valence-electron chi connectivity index (χ2n) is 4.40. The van der Waals surface area contributed by atoms with E-state index >= 15 is 0 Å². The van der Waals surface area contributed by atoms with Crippen LogP contribution in [0.5, 0.6) is 5.75 Å². The highest BCUT2D eigenvalue weighted by atomic mass is 35.5. The van der Waals surface area contributed by atoms with Gasteiger partial charge in [-0.05, 0) is 36.4 Å². The Kier molecular flexibility index (Phi) is 5.64. The lowest BCUT2D eigenvalue weighted by atomic mass is 9.99. The molecule has 0 aliphatic heterocycles. The van der Waals surface area contributed by atoms with E-state index < -0.39 is 0 Å². The minimum Gasteiger partial charge on any atom is -0.497 e. The lowest BCUT2D eigenvalue weighted by Crippen LogP contribution is -2.07. The van der Waals surface area contributed by atoms with Crippen molar-refractivity contribution in [3.8, 4) is 16.9 Å². The molecule has 0 unspecified atom stereocenters. The number of hydrogen-bond acceptors (Lipinski definition) is 2. The van der Waals surface area contributed by atoms with Gasteiger partial charge in [0.2, 0.25) is 0 Å². The SMILES string of the molecule is CNCc1cc(OC)ccc1-c1c(Cl)cc(Cl)c(Cl)c1Cl. The van der Waals surface area contributed by atoms with Crippen LogP contribution in [0.2, 0.25) is 20.1 Å². The zero-order chi connectivity index (χ0) is 15.6. The minimum absolute atomic E-state index is 0.295. The van der Waals surface area contributed by atoms with Gasteiger partial charge in [-0.1, -0.05) is 52.5 Å². The lowest BCUT2D eigenvalue weighted by molar-refractivity contribution is 0.414. The predicted octanol–water partition coefficient (Wildman–Crippen LogP) is 5.70. The second-order valence-corrected chi connectivity index (χ2v) is 5.97. The van der Waals surface area contributed by atoms with Crippen molar-refractivity contribution < 1.29 is 4.74 Å². The Balaban J connectivity index is 2.69. The van der Waals surface area contributed by atoms with Gasteiger partial charge in [-0.25, -0.2) is 0 Å². The lowest BCUT2D eigenvalue weighted by Gasteiger charge is -2.15. The molecular formula is C15H13Cl4NO. The molecular weight excluding hydrogens is 352 g/mol. The molecule has 2 nitrogen and oxygen atoms in total. The summed E-state index contributed by atoms with van der Waals surface area (Å²) in [6.07, 6.45) is 0. The van der Waals surface area contributed by atoms with E-state index in [4.69, 9.17) is 51.1 Å². The highest BCUT2D eigenvalue weighted by molar-refractivity contribution is 6.51. The third-order valence-corrected chi connectivity index (χ3v) is 4.62. The highest BCUT2D eigenvalue weighted by Crippen LogP contribution is 2.44. The van der Waals surface area contributed by atoms with Crippen LogP contribution in [-0.4, -0.2) is 14.2 Å². The summed E-state index contributed by atoms with van der Waals surface area (Å²) in [6.45, 7) is 0.638. The Morgan fingerprint density at radius 1 is 1.00 bits per heavy atom. The molecule has 2 aromatic rings. The van der Waals surface area contributed by atoms with Crippen LogP contribution in [0, 0.1) is 0 Å². The summed E-state index contributed by atoms with van der Waals surface area (Å²) in [7, 11) is 3.48. The van der Waals surface area contributed by atoms with E-state index in [0.29, 0.717) is 32.2 Å². The monoisotopic (exact) mass is 363 g/mol. The zero-order valence-corrected chi connectivity index (χ0v) is 14.5. The summed E-state index contributed by atoms with van der Waals surface area (Å²) in [4.78, 5) is 0. The van der Waals surface area contributed by atoms with E-state index in [2.05, 4.69) is 5.32 Å². The first-order chi connectivity index (χ1) is 9.99. The molecule has 0 saturated carbocycles. The van der Waals surface area contributed by atoms with Crippen LogP contribution >= 0.6 is 46.4 Å².